The number of thioether (sulfide) groups is 1. The van der Waals surface area contributed by atoms with Crippen LogP contribution in [0.15, 0.2) is 72.8 Å². The van der Waals surface area contributed by atoms with Gasteiger partial charge in [-0.3, -0.25) is 9.59 Å². The second-order valence-corrected chi connectivity index (χ2v) is 10.1. The van der Waals surface area contributed by atoms with Crippen LogP contribution in [0.4, 0.5) is 14.5 Å². The van der Waals surface area contributed by atoms with Crippen LogP contribution in [0, 0.1) is 11.6 Å². The highest BCUT2D eigenvalue weighted by Crippen LogP contribution is 2.46. The molecule has 0 spiro atoms. The summed E-state index contributed by atoms with van der Waals surface area (Å²) < 4.78 is 32.2. The van der Waals surface area contributed by atoms with Gasteiger partial charge in [-0.25, -0.2) is 13.6 Å². The van der Waals surface area contributed by atoms with Gasteiger partial charge in [0.15, 0.2) is 6.61 Å². The van der Waals surface area contributed by atoms with E-state index < -0.39 is 60.2 Å². The number of aliphatic carboxylic acids is 1. The Hall–Kier alpha value is -4.00. The summed E-state index contributed by atoms with van der Waals surface area (Å²) in [5.74, 6) is -2.70. The zero-order valence-corrected chi connectivity index (χ0v) is 21.8. The van der Waals surface area contributed by atoms with E-state index in [1.165, 1.54) is 65.2 Å². The summed E-state index contributed by atoms with van der Waals surface area (Å²) in [7, 11) is 0. The molecule has 3 aromatic rings. The number of rotatable bonds is 12. The fraction of sp³-hybridized carbons (Fsp3) is 0.250. The van der Waals surface area contributed by atoms with Crippen molar-refractivity contribution in [2.75, 3.05) is 23.9 Å². The molecular formula is C28H26F2N2O7S. The van der Waals surface area contributed by atoms with E-state index in [-0.39, 0.29) is 11.7 Å². The number of carbonyl (C=O) groups excluding carboxylic acids is 2. The Labute approximate surface area is 232 Å². The quantitative estimate of drug-likeness (QED) is 0.243. The van der Waals surface area contributed by atoms with Crippen LogP contribution in [0.3, 0.4) is 0 Å². The van der Waals surface area contributed by atoms with E-state index in [9.17, 15) is 28.3 Å². The Kier molecular flexibility index (Phi) is 9.35. The second kappa shape index (κ2) is 12.9. The van der Waals surface area contributed by atoms with Gasteiger partial charge in [-0.1, -0.05) is 24.3 Å². The minimum absolute atomic E-state index is 0.178. The number of hydrogen-bond acceptors (Lipinski definition) is 7. The fourth-order valence-electron chi connectivity index (χ4n) is 4.15. The van der Waals surface area contributed by atoms with Crippen molar-refractivity contribution >= 4 is 35.2 Å². The number of carbonyl (C=O) groups is 3. The molecule has 4 atom stereocenters. The molecule has 4 rings (SSSR count). The summed E-state index contributed by atoms with van der Waals surface area (Å²) in [6.45, 7) is -1.24. The molecule has 0 saturated carbocycles. The van der Waals surface area contributed by atoms with Gasteiger partial charge in [0.25, 0.3) is 5.91 Å². The van der Waals surface area contributed by atoms with Gasteiger partial charge >= 0.3 is 5.97 Å². The number of hydrogen-bond donors (Lipinski definition) is 4. The smallest absolute Gasteiger partial charge is 0.328 e. The van der Waals surface area contributed by atoms with Crippen LogP contribution in [-0.4, -0.2) is 63.4 Å². The van der Waals surface area contributed by atoms with E-state index in [0.29, 0.717) is 17.0 Å². The third-order valence-corrected chi connectivity index (χ3v) is 7.57. The molecule has 9 nitrogen and oxygen atoms in total. The molecule has 1 heterocycles. The number of benzene rings is 3. The third-order valence-electron chi connectivity index (χ3n) is 6.25. The monoisotopic (exact) mass is 572 g/mol. The standard InChI is InChI=1S/C28H26F2N2O7S/c29-18-5-1-16(2-6-18)23(34)15-40-26-25(32(27(26)36)20-9-7-19(30)8-10-20)17-3-11-21(12-4-17)39-14-24(35)31-22(13-33)28(37)38/h1-12,22-23,25-26,33-34H,13-15H2,(H,31,35)(H,37,38)/t22-,23?,25?,26?/m1/s1. The minimum atomic E-state index is -1.44. The zero-order chi connectivity index (χ0) is 28.8. The van der Waals surface area contributed by atoms with E-state index in [1.54, 1.807) is 24.3 Å². The lowest BCUT2D eigenvalue weighted by Crippen LogP contribution is -2.57. The van der Waals surface area contributed by atoms with Crippen LogP contribution in [0.1, 0.15) is 23.3 Å². The molecule has 3 aromatic carbocycles. The first-order chi connectivity index (χ1) is 19.2. The summed E-state index contributed by atoms with van der Waals surface area (Å²) in [4.78, 5) is 37.6. The summed E-state index contributed by atoms with van der Waals surface area (Å²) in [6.07, 6.45) is -0.924. The fourth-order valence-corrected chi connectivity index (χ4v) is 5.45. The molecule has 3 unspecified atom stereocenters. The molecule has 0 bridgehead atoms. The van der Waals surface area contributed by atoms with Gasteiger partial charge in [-0.05, 0) is 59.7 Å². The number of carboxylic acids is 1. The van der Waals surface area contributed by atoms with E-state index >= 15 is 0 Å². The number of nitrogens with one attached hydrogen (secondary N) is 1. The number of aliphatic hydroxyl groups excluding tert-OH is 2. The largest absolute Gasteiger partial charge is 0.484 e. The number of carboxylic acid groups (broad SMARTS) is 1. The van der Waals surface area contributed by atoms with Crippen LogP contribution in [-0.2, 0) is 14.4 Å². The van der Waals surface area contributed by atoms with Gasteiger partial charge in [0.2, 0.25) is 5.91 Å². The Bertz CT molecular complexity index is 1340. The first kappa shape index (κ1) is 29.0. The highest BCUT2D eigenvalue weighted by atomic mass is 32.2. The molecule has 0 aliphatic carbocycles. The average Bonchev–Trinajstić information content (AvgIpc) is 2.95. The molecule has 0 aromatic heterocycles. The van der Waals surface area contributed by atoms with Gasteiger partial charge in [0.05, 0.1) is 18.8 Å². The van der Waals surface area contributed by atoms with E-state index in [4.69, 9.17) is 14.9 Å². The van der Waals surface area contributed by atoms with Gasteiger partial charge in [0, 0.05) is 11.4 Å². The number of β-lactam (4-membered cyclic amide) rings is 1. The summed E-state index contributed by atoms with van der Waals surface area (Å²) in [5, 5.41) is 30.1. The van der Waals surface area contributed by atoms with E-state index in [0.717, 1.165) is 5.56 Å². The third kappa shape index (κ3) is 6.76. The van der Waals surface area contributed by atoms with Crippen molar-refractivity contribution in [3.05, 3.63) is 95.6 Å². The van der Waals surface area contributed by atoms with Crippen molar-refractivity contribution in [3.8, 4) is 5.75 Å². The predicted octanol–water partition coefficient (Wildman–Crippen LogP) is 2.83. The molecule has 2 amide bonds. The molecule has 4 N–H and O–H groups in total. The maximum absolute atomic E-state index is 13.5. The summed E-state index contributed by atoms with van der Waals surface area (Å²) >= 11 is 1.25. The molecule has 12 heteroatoms. The highest BCUT2D eigenvalue weighted by molar-refractivity contribution is 8.00. The van der Waals surface area contributed by atoms with Crippen molar-refractivity contribution in [2.24, 2.45) is 0 Å². The molecular weight excluding hydrogens is 546 g/mol. The topological polar surface area (TPSA) is 136 Å². The van der Waals surface area contributed by atoms with Crippen LogP contribution in [0.5, 0.6) is 5.75 Å². The normalized spacial score (nSPS) is 18.0. The SMILES string of the molecule is O=C(COc1ccc(C2C(SCC(O)c3ccc(F)cc3)C(=O)N2c2ccc(F)cc2)cc1)N[C@H](CO)C(=O)O. The number of aliphatic hydroxyl groups is 2. The van der Waals surface area contributed by atoms with Crippen LogP contribution in [0.25, 0.3) is 0 Å². The van der Waals surface area contributed by atoms with Crippen molar-refractivity contribution in [1.82, 2.24) is 5.32 Å². The Morgan fingerprint density at radius 1 is 0.975 bits per heavy atom. The Morgan fingerprint density at radius 2 is 1.57 bits per heavy atom. The highest BCUT2D eigenvalue weighted by Gasteiger charge is 2.49. The number of ether oxygens (including phenoxy) is 1. The molecule has 210 valence electrons. The molecule has 1 aliphatic heterocycles. The lowest BCUT2D eigenvalue weighted by Gasteiger charge is -2.47. The maximum Gasteiger partial charge on any atom is 0.328 e. The van der Waals surface area contributed by atoms with Gasteiger partial charge < -0.3 is 30.3 Å². The zero-order valence-electron chi connectivity index (χ0n) is 20.9. The molecule has 1 aliphatic rings. The van der Waals surface area contributed by atoms with Crippen LogP contribution >= 0.6 is 11.8 Å². The molecule has 1 fully saturated rings. The summed E-state index contributed by atoms with van der Waals surface area (Å²) in [6, 6.07) is 15.7. The van der Waals surface area contributed by atoms with Gasteiger partial charge in [0.1, 0.15) is 28.7 Å². The van der Waals surface area contributed by atoms with Crippen LogP contribution in [0.2, 0.25) is 0 Å². The van der Waals surface area contributed by atoms with Gasteiger partial charge in [-0.2, -0.15) is 0 Å². The average molecular weight is 573 g/mol. The molecule has 40 heavy (non-hydrogen) atoms. The Morgan fingerprint density at radius 3 is 2.15 bits per heavy atom. The lowest BCUT2D eigenvalue weighted by atomic mass is 9.92. The summed E-state index contributed by atoms with van der Waals surface area (Å²) in [5.41, 5.74) is 1.74. The predicted molar refractivity (Wildman–Crippen MR) is 143 cm³/mol. The van der Waals surface area contributed by atoms with Crippen molar-refractivity contribution in [3.63, 3.8) is 0 Å². The number of halogens is 2. The van der Waals surface area contributed by atoms with Crippen molar-refractivity contribution in [1.29, 1.82) is 0 Å². The van der Waals surface area contributed by atoms with Gasteiger partial charge in [-0.15, -0.1) is 11.8 Å². The van der Waals surface area contributed by atoms with E-state index in [1.807, 2.05) is 0 Å². The molecule has 0 radical (unpaired) electrons. The maximum atomic E-state index is 13.5. The number of anilines is 1. The van der Waals surface area contributed by atoms with Crippen LogP contribution < -0.4 is 15.0 Å². The number of nitrogens with zero attached hydrogens (tertiary/aromatic N) is 1. The second-order valence-electron chi connectivity index (χ2n) is 8.95. The van der Waals surface area contributed by atoms with Crippen molar-refractivity contribution in [2.45, 2.75) is 23.4 Å². The minimum Gasteiger partial charge on any atom is -0.484 e. The lowest BCUT2D eigenvalue weighted by molar-refractivity contribution is -0.143. The Balaban J connectivity index is 1.46. The first-order valence-electron chi connectivity index (χ1n) is 12.2. The first-order valence-corrected chi connectivity index (χ1v) is 13.2. The van der Waals surface area contributed by atoms with E-state index in [2.05, 4.69) is 5.32 Å². The van der Waals surface area contributed by atoms with Crippen molar-refractivity contribution < 1.29 is 43.2 Å². The number of amides is 2. The molecule has 1 saturated heterocycles.